The van der Waals surface area contributed by atoms with Crippen LogP contribution in [0.15, 0.2) is 24.3 Å². The van der Waals surface area contributed by atoms with E-state index >= 15 is 0 Å². The van der Waals surface area contributed by atoms with Crippen molar-refractivity contribution in [3.8, 4) is 11.4 Å². The number of benzene rings is 1. The predicted molar refractivity (Wildman–Crippen MR) is 125 cm³/mol. The van der Waals surface area contributed by atoms with Crippen LogP contribution in [0.3, 0.4) is 0 Å². The minimum absolute atomic E-state index is 0.129. The fourth-order valence-electron chi connectivity index (χ4n) is 4.17. The van der Waals surface area contributed by atoms with E-state index in [2.05, 4.69) is 22.5 Å². The van der Waals surface area contributed by atoms with Crippen molar-refractivity contribution < 1.29 is 18.6 Å². The second-order valence-corrected chi connectivity index (χ2v) is 11.2. The van der Waals surface area contributed by atoms with Gasteiger partial charge in [0.15, 0.2) is 5.82 Å². The second-order valence-electron chi connectivity index (χ2n) is 8.81. The zero-order valence-corrected chi connectivity index (χ0v) is 19.1. The molecule has 3 aliphatic rings. The van der Waals surface area contributed by atoms with Crippen LogP contribution in [0.25, 0.3) is 11.4 Å². The molecule has 10 heteroatoms. The summed E-state index contributed by atoms with van der Waals surface area (Å²) >= 11 is 0. The Hall–Kier alpha value is -2.40. The third kappa shape index (κ3) is 4.15. The normalized spacial score (nSPS) is 25.2. The second kappa shape index (κ2) is 8.18. The van der Waals surface area contributed by atoms with Crippen molar-refractivity contribution in [1.82, 2.24) is 15.3 Å². The van der Waals surface area contributed by atoms with Crippen LogP contribution in [-0.2, 0) is 10.5 Å². The van der Waals surface area contributed by atoms with Gasteiger partial charge in [-0.25, -0.2) is 14.8 Å². The van der Waals surface area contributed by atoms with E-state index in [1.54, 1.807) is 0 Å². The standard InChI is InChI=1S/C22H29N5O4S/c1-13-11-31-10-9-27(13)21-18-12-32(29,30)14(2)19(18)25-20(26-21)15-3-5-16(6-4-15)23-22(28)24-17-7-8-17/h3-6,13-14,17,29-30H,7-12H2,1-2H3,(H2,23,24,28)/t13-,14?/m0/s1. The molecule has 9 nitrogen and oxygen atoms in total. The van der Waals surface area contributed by atoms with Crippen molar-refractivity contribution in [3.05, 3.63) is 35.5 Å². The Kier molecular flexibility index (Phi) is 5.48. The van der Waals surface area contributed by atoms with Crippen LogP contribution in [0, 0.1) is 0 Å². The summed E-state index contributed by atoms with van der Waals surface area (Å²) in [5.74, 6) is 1.48. The van der Waals surface area contributed by atoms with Crippen LogP contribution >= 0.6 is 10.6 Å². The van der Waals surface area contributed by atoms with Crippen molar-refractivity contribution in [1.29, 1.82) is 0 Å². The Morgan fingerprint density at radius 2 is 1.94 bits per heavy atom. The zero-order chi connectivity index (χ0) is 22.5. The molecule has 2 aliphatic heterocycles. The first-order valence-corrected chi connectivity index (χ1v) is 12.8. The van der Waals surface area contributed by atoms with Crippen molar-refractivity contribution in [3.63, 3.8) is 0 Å². The Labute approximate surface area is 188 Å². The number of urea groups is 1. The molecule has 1 aromatic carbocycles. The number of nitrogens with zero attached hydrogens (tertiary/aromatic N) is 3. The first-order valence-electron chi connectivity index (χ1n) is 11.0. The maximum Gasteiger partial charge on any atom is 0.319 e. The number of nitrogens with one attached hydrogen (secondary N) is 2. The van der Waals surface area contributed by atoms with Gasteiger partial charge in [0.25, 0.3) is 0 Å². The van der Waals surface area contributed by atoms with Gasteiger partial charge in [-0.15, -0.1) is 0 Å². The van der Waals surface area contributed by atoms with Gasteiger partial charge in [-0.1, -0.05) is 0 Å². The number of hydrogen-bond donors (Lipinski definition) is 4. The summed E-state index contributed by atoms with van der Waals surface area (Å²) in [5.41, 5.74) is 3.02. The van der Waals surface area contributed by atoms with E-state index in [1.807, 2.05) is 31.2 Å². The molecule has 0 radical (unpaired) electrons. The van der Waals surface area contributed by atoms with E-state index in [4.69, 9.17) is 14.7 Å². The van der Waals surface area contributed by atoms with Crippen LogP contribution in [0.4, 0.5) is 16.3 Å². The van der Waals surface area contributed by atoms with Gasteiger partial charge in [0.05, 0.1) is 36.0 Å². The van der Waals surface area contributed by atoms with Crippen LogP contribution in [0.2, 0.25) is 0 Å². The summed E-state index contributed by atoms with van der Waals surface area (Å²) in [7, 11) is -2.80. The van der Waals surface area contributed by atoms with Crippen LogP contribution in [0.5, 0.6) is 0 Å². The molecule has 2 atom stereocenters. The molecule has 1 saturated heterocycles. The molecule has 172 valence electrons. The minimum Gasteiger partial charge on any atom is -0.377 e. The molecule has 2 amide bonds. The lowest BCUT2D eigenvalue weighted by Crippen LogP contribution is -2.44. The molecule has 4 N–H and O–H groups in total. The number of fused-ring (bicyclic) bond motifs is 1. The highest BCUT2D eigenvalue weighted by Crippen LogP contribution is 2.63. The van der Waals surface area contributed by atoms with E-state index < -0.39 is 15.8 Å². The van der Waals surface area contributed by atoms with E-state index in [-0.39, 0.29) is 17.8 Å². The van der Waals surface area contributed by atoms with Gasteiger partial charge in [0, 0.05) is 29.4 Å². The molecule has 2 fully saturated rings. The Balaban J connectivity index is 1.47. The molecule has 1 aliphatic carbocycles. The molecule has 1 aromatic heterocycles. The predicted octanol–water partition coefficient (Wildman–Crippen LogP) is 3.98. The number of carbonyl (C=O) groups excluding carboxylic acids is 1. The van der Waals surface area contributed by atoms with Crippen molar-refractivity contribution in [2.45, 2.75) is 49.8 Å². The van der Waals surface area contributed by atoms with Gasteiger partial charge in [-0.3, -0.25) is 9.11 Å². The summed E-state index contributed by atoms with van der Waals surface area (Å²) in [6.07, 6.45) is 2.07. The van der Waals surface area contributed by atoms with Gasteiger partial charge >= 0.3 is 6.03 Å². The number of hydrogen-bond acceptors (Lipinski definition) is 7. The quantitative estimate of drug-likeness (QED) is 0.546. The lowest BCUT2D eigenvalue weighted by molar-refractivity contribution is 0.0984. The molecule has 3 heterocycles. The molecule has 1 saturated carbocycles. The number of morpholine rings is 1. The number of anilines is 2. The summed E-state index contributed by atoms with van der Waals surface area (Å²) in [6.45, 7) is 5.79. The van der Waals surface area contributed by atoms with Crippen molar-refractivity contribution in [2.24, 2.45) is 0 Å². The van der Waals surface area contributed by atoms with Crippen LogP contribution in [-0.4, -0.2) is 56.9 Å². The average molecular weight is 460 g/mol. The van der Waals surface area contributed by atoms with E-state index in [0.29, 0.717) is 43.0 Å². The maximum absolute atomic E-state index is 12.0. The van der Waals surface area contributed by atoms with Gasteiger partial charge < -0.3 is 20.3 Å². The third-order valence-corrected chi connectivity index (χ3v) is 8.35. The number of aromatic nitrogens is 2. The smallest absolute Gasteiger partial charge is 0.319 e. The molecule has 1 unspecified atom stereocenters. The van der Waals surface area contributed by atoms with Crippen molar-refractivity contribution >= 4 is 28.1 Å². The maximum atomic E-state index is 12.0. The molecular weight excluding hydrogens is 430 g/mol. The first kappa shape index (κ1) is 21.4. The summed E-state index contributed by atoms with van der Waals surface area (Å²) in [5, 5.41) is 5.30. The Morgan fingerprint density at radius 1 is 1.19 bits per heavy atom. The highest BCUT2D eigenvalue weighted by molar-refractivity contribution is 8.24. The van der Waals surface area contributed by atoms with E-state index in [1.165, 1.54) is 0 Å². The monoisotopic (exact) mass is 459 g/mol. The number of ether oxygens (including phenoxy) is 1. The van der Waals surface area contributed by atoms with Gasteiger partial charge in [-0.05, 0) is 51.0 Å². The zero-order valence-electron chi connectivity index (χ0n) is 18.2. The fourth-order valence-corrected chi connectivity index (χ4v) is 5.68. The Bertz CT molecular complexity index is 1030. The van der Waals surface area contributed by atoms with Gasteiger partial charge in [-0.2, -0.15) is 10.6 Å². The highest BCUT2D eigenvalue weighted by Gasteiger charge is 2.39. The molecule has 0 bridgehead atoms. The highest BCUT2D eigenvalue weighted by atomic mass is 32.3. The number of rotatable bonds is 4. The summed E-state index contributed by atoms with van der Waals surface area (Å²) in [4.78, 5) is 23.8. The number of amides is 2. The lowest BCUT2D eigenvalue weighted by atomic mass is 10.1. The molecule has 32 heavy (non-hydrogen) atoms. The molecular formula is C22H29N5O4S. The molecule has 5 rings (SSSR count). The summed E-state index contributed by atoms with van der Waals surface area (Å²) < 4.78 is 26.8. The van der Waals surface area contributed by atoms with Crippen molar-refractivity contribution in [2.75, 3.05) is 30.0 Å². The van der Waals surface area contributed by atoms with E-state index in [9.17, 15) is 13.9 Å². The lowest BCUT2D eigenvalue weighted by Gasteiger charge is -2.35. The topological polar surface area (TPSA) is 120 Å². The molecule has 0 spiro atoms. The van der Waals surface area contributed by atoms with Gasteiger partial charge in [0.1, 0.15) is 5.82 Å². The SMILES string of the molecule is CC1c2nc(-c3ccc(NC(=O)NC4CC4)cc3)nc(N3CCOC[C@@H]3C)c2CS1(O)O. The largest absolute Gasteiger partial charge is 0.377 e. The molecule has 2 aromatic rings. The minimum atomic E-state index is -2.80. The van der Waals surface area contributed by atoms with Gasteiger partial charge in [0.2, 0.25) is 0 Å². The Morgan fingerprint density at radius 3 is 2.62 bits per heavy atom. The number of carbonyl (C=O) groups is 1. The third-order valence-electron chi connectivity index (χ3n) is 6.28. The fraction of sp³-hybridized carbons (Fsp3) is 0.500. The van der Waals surface area contributed by atoms with Crippen LogP contribution < -0.4 is 15.5 Å². The average Bonchev–Trinajstić information content (AvgIpc) is 3.54. The van der Waals surface area contributed by atoms with Crippen LogP contribution in [0.1, 0.15) is 43.2 Å². The first-order chi connectivity index (χ1) is 15.3. The summed E-state index contributed by atoms with van der Waals surface area (Å²) in [6, 6.07) is 7.63. The van der Waals surface area contributed by atoms with E-state index in [0.717, 1.165) is 29.8 Å².